The molecule has 0 bridgehead atoms. The average molecular weight is 274 g/mol. The Balaban J connectivity index is 5.10. The first kappa shape index (κ1) is 16.3. The Kier molecular flexibility index (Phi) is 4.98. The van der Waals surface area contributed by atoms with Crippen LogP contribution in [0.2, 0.25) is 0 Å². The molecule has 0 aromatic rings. The lowest BCUT2D eigenvalue weighted by Crippen LogP contribution is -2.23. The molecule has 0 fully saturated rings. The second kappa shape index (κ2) is 4.89. The molecule has 8 heteroatoms. The topological polar surface area (TPSA) is 115 Å². The maximum atomic E-state index is 11.1. The van der Waals surface area contributed by atoms with Crippen LogP contribution in [0.5, 0.6) is 0 Å². The fraction of sp³-hybridized carbons (Fsp3) is 1.00. The lowest BCUT2D eigenvalue weighted by Gasteiger charge is -2.30. The van der Waals surface area contributed by atoms with E-state index in [1.165, 1.54) is 6.92 Å². The Morgan fingerprint density at radius 3 is 1.50 bits per heavy atom. The average Bonchev–Trinajstić information content (AvgIpc) is 1.70. The molecule has 0 aliphatic heterocycles. The molecule has 0 saturated carbocycles. The van der Waals surface area contributed by atoms with Gasteiger partial charge in [-0.05, 0) is 17.8 Å². The van der Waals surface area contributed by atoms with Crippen LogP contribution in [0, 0.1) is 11.3 Å². The maximum Gasteiger partial charge on any atom is 0.340 e. The van der Waals surface area contributed by atoms with Crippen molar-refractivity contribution >= 4 is 15.2 Å². The first-order valence-corrected chi connectivity index (χ1v) is 8.22. The quantitative estimate of drug-likeness (QED) is 0.580. The van der Waals surface area contributed by atoms with Gasteiger partial charge in [-0.25, -0.2) is 0 Å². The minimum Gasteiger partial charge on any atom is -0.324 e. The number of hydrogen-bond donors (Lipinski definition) is 4. The molecule has 0 rings (SSSR count). The van der Waals surface area contributed by atoms with Gasteiger partial charge in [-0.1, -0.05) is 27.7 Å². The normalized spacial score (nSPS) is 16.6. The van der Waals surface area contributed by atoms with E-state index in [0.717, 1.165) is 0 Å². The summed E-state index contributed by atoms with van der Waals surface area (Å²) in [5, 5.41) is -1.90. The Bertz CT molecular complexity index is 300. The van der Waals surface area contributed by atoms with Crippen LogP contribution in [0.1, 0.15) is 34.1 Å². The third kappa shape index (κ3) is 5.58. The van der Waals surface area contributed by atoms with Gasteiger partial charge in [-0.3, -0.25) is 9.13 Å². The van der Waals surface area contributed by atoms with Crippen molar-refractivity contribution in [2.24, 2.45) is 11.3 Å². The van der Waals surface area contributed by atoms with Crippen LogP contribution in [0.25, 0.3) is 0 Å². The molecule has 0 heterocycles. The fourth-order valence-electron chi connectivity index (χ4n) is 1.93. The molecule has 1 atom stereocenters. The molecule has 1 unspecified atom stereocenters. The molecule has 98 valence electrons. The van der Waals surface area contributed by atoms with Gasteiger partial charge in [0, 0.05) is 0 Å². The van der Waals surface area contributed by atoms with E-state index < -0.39 is 26.5 Å². The predicted octanol–water partition coefficient (Wildman–Crippen LogP) is 1.74. The zero-order valence-corrected chi connectivity index (χ0v) is 11.7. The van der Waals surface area contributed by atoms with Crippen LogP contribution in [0.4, 0.5) is 0 Å². The summed E-state index contributed by atoms with van der Waals surface area (Å²) in [6, 6.07) is 0. The highest BCUT2D eigenvalue weighted by Gasteiger charge is 2.47. The monoisotopic (exact) mass is 274 g/mol. The van der Waals surface area contributed by atoms with E-state index in [4.69, 9.17) is 19.6 Å². The number of hydrogen-bond acceptors (Lipinski definition) is 2. The Morgan fingerprint density at radius 1 is 1.00 bits per heavy atom. The lowest BCUT2D eigenvalue weighted by molar-refractivity contribution is 0.274. The molecule has 16 heavy (non-hydrogen) atoms. The van der Waals surface area contributed by atoms with E-state index in [2.05, 4.69) is 0 Å². The van der Waals surface area contributed by atoms with E-state index in [1.807, 2.05) is 20.8 Å². The van der Waals surface area contributed by atoms with E-state index in [9.17, 15) is 9.13 Å². The van der Waals surface area contributed by atoms with Gasteiger partial charge in [0.05, 0.1) is 0 Å². The highest BCUT2D eigenvalue weighted by molar-refractivity contribution is 7.70. The largest absolute Gasteiger partial charge is 0.340 e. The van der Waals surface area contributed by atoms with Gasteiger partial charge in [0.1, 0.15) is 0 Å². The Morgan fingerprint density at radius 2 is 1.31 bits per heavy atom. The first-order valence-electron chi connectivity index (χ1n) is 4.85. The standard InChI is InChI=1S/C8H20O6P2/c1-6(5-8(2,3)4)7(15(9,10)11)16(12,13)14/h6-7H,5H2,1-4H3,(H2,9,10,11)(H2,12,13,14). The zero-order chi connectivity index (χ0) is 13.4. The summed E-state index contributed by atoms with van der Waals surface area (Å²) in [6.45, 7) is 6.99. The molecule has 4 N–H and O–H groups in total. The van der Waals surface area contributed by atoms with Crippen LogP contribution in [0.3, 0.4) is 0 Å². The molecule has 0 aromatic carbocycles. The molecule has 0 aromatic heterocycles. The molecular weight excluding hydrogens is 254 g/mol. The van der Waals surface area contributed by atoms with Crippen LogP contribution in [-0.4, -0.2) is 25.0 Å². The SMILES string of the molecule is CC(CC(C)(C)C)C(P(=O)(O)O)P(=O)(O)O. The van der Waals surface area contributed by atoms with E-state index in [1.54, 1.807) is 0 Å². The highest BCUT2D eigenvalue weighted by Crippen LogP contribution is 2.63. The molecule has 0 radical (unpaired) electrons. The summed E-state index contributed by atoms with van der Waals surface area (Å²) in [4.78, 5) is 36.0. The molecule has 0 amide bonds. The Labute approximate surface area is 95.4 Å². The Hall–Kier alpha value is 0.300. The molecule has 0 spiro atoms. The summed E-state index contributed by atoms with van der Waals surface area (Å²) >= 11 is 0. The third-order valence-corrected chi connectivity index (χ3v) is 6.33. The second-order valence-electron chi connectivity index (χ2n) is 5.33. The van der Waals surface area contributed by atoms with Crippen molar-refractivity contribution in [2.75, 3.05) is 0 Å². The third-order valence-electron chi connectivity index (χ3n) is 2.13. The summed E-state index contributed by atoms with van der Waals surface area (Å²) < 4.78 is 22.2. The van der Waals surface area contributed by atoms with Gasteiger partial charge in [0.25, 0.3) is 0 Å². The summed E-state index contributed by atoms with van der Waals surface area (Å²) in [7, 11) is -9.61. The van der Waals surface area contributed by atoms with Gasteiger partial charge in [0.15, 0.2) is 5.40 Å². The molecular formula is C8H20O6P2. The van der Waals surface area contributed by atoms with E-state index in [0.29, 0.717) is 6.42 Å². The van der Waals surface area contributed by atoms with Crippen molar-refractivity contribution in [1.82, 2.24) is 0 Å². The van der Waals surface area contributed by atoms with Crippen molar-refractivity contribution in [3.8, 4) is 0 Å². The molecule has 0 aliphatic rings. The van der Waals surface area contributed by atoms with Gasteiger partial charge in [-0.15, -0.1) is 0 Å². The van der Waals surface area contributed by atoms with E-state index >= 15 is 0 Å². The van der Waals surface area contributed by atoms with Crippen molar-refractivity contribution in [1.29, 1.82) is 0 Å². The van der Waals surface area contributed by atoms with E-state index in [-0.39, 0.29) is 5.41 Å². The van der Waals surface area contributed by atoms with Crippen LogP contribution in [-0.2, 0) is 9.13 Å². The van der Waals surface area contributed by atoms with Crippen molar-refractivity contribution in [3.63, 3.8) is 0 Å². The zero-order valence-electron chi connectivity index (χ0n) is 9.86. The smallest absolute Gasteiger partial charge is 0.324 e. The molecule has 0 aliphatic carbocycles. The minimum atomic E-state index is -4.80. The molecule has 0 saturated heterocycles. The summed E-state index contributed by atoms with van der Waals surface area (Å²) in [5.41, 5.74) is -0.248. The predicted molar refractivity (Wildman–Crippen MR) is 61.1 cm³/mol. The number of rotatable bonds is 4. The van der Waals surface area contributed by atoms with Crippen LogP contribution < -0.4 is 0 Å². The van der Waals surface area contributed by atoms with Crippen LogP contribution >= 0.6 is 15.2 Å². The maximum absolute atomic E-state index is 11.1. The van der Waals surface area contributed by atoms with Gasteiger partial charge in [-0.2, -0.15) is 0 Å². The first-order chi connectivity index (χ1) is 6.75. The van der Waals surface area contributed by atoms with Crippen LogP contribution in [0.15, 0.2) is 0 Å². The highest BCUT2D eigenvalue weighted by atomic mass is 31.2. The lowest BCUT2D eigenvalue weighted by atomic mass is 9.86. The van der Waals surface area contributed by atoms with Crippen molar-refractivity contribution in [3.05, 3.63) is 0 Å². The van der Waals surface area contributed by atoms with Crippen molar-refractivity contribution < 1.29 is 28.7 Å². The van der Waals surface area contributed by atoms with Gasteiger partial charge >= 0.3 is 15.2 Å². The second-order valence-corrected chi connectivity index (χ2v) is 9.21. The van der Waals surface area contributed by atoms with Gasteiger partial charge < -0.3 is 19.6 Å². The van der Waals surface area contributed by atoms with Crippen molar-refractivity contribution in [2.45, 2.75) is 39.5 Å². The molecule has 6 nitrogen and oxygen atoms in total. The minimum absolute atomic E-state index is 0.248. The fourth-order valence-corrected chi connectivity index (χ4v) is 5.03. The summed E-state index contributed by atoms with van der Waals surface area (Å²) in [6.07, 6.45) is 0.327. The van der Waals surface area contributed by atoms with Gasteiger partial charge in [0.2, 0.25) is 0 Å². The summed E-state index contributed by atoms with van der Waals surface area (Å²) in [5.74, 6) is -0.748.